The molecule has 7 heteroatoms. The molecule has 7 nitrogen and oxygen atoms in total. The third kappa shape index (κ3) is 4.00. The molecule has 1 aliphatic carbocycles. The molecular formula is C19H21N5O2. The highest BCUT2D eigenvalue weighted by atomic mass is 16.5. The van der Waals surface area contributed by atoms with Crippen molar-refractivity contribution in [3.8, 4) is 11.5 Å². The molecule has 1 unspecified atom stereocenters. The van der Waals surface area contributed by atoms with Gasteiger partial charge in [-0.2, -0.15) is 5.10 Å². The Kier molecular flexibility index (Phi) is 4.79. The Hall–Kier alpha value is -2.93. The van der Waals surface area contributed by atoms with Crippen molar-refractivity contribution in [3.63, 3.8) is 0 Å². The number of rotatable bonds is 6. The summed E-state index contributed by atoms with van der Waals surface area (Å²) in [6.07, 6.45) is 8.16. The number of aromatic nitrogens is 4. The minimum absolute atomic E-state index is 0.0588. The Balaban J connectivity index is 1.33. The van der Waals surface area contributed by atoms with Crippen LogP contribution in [0, 0.1) is 5.92 Å². The molecule has 0 radical (unpaired) electrons. The van der Waals surface area contributed by atoms with E-state index in [1.165, 1.54) is 0 Å². The summed E-state index contributed by atoms with van der Waals surface area (Å²) in [6.45, 7) is 0.812. The predicted octanol–water partition coefficient (Wildman–Crippen LogP) is 2.72. The summed E-state index contributed by atoms with van der Waals surface area (Å²) in [5, 5.41) is 17.8. The van der Waals surface area contributed by atoms with E-state index in [1.807, 2.05) is 47.3 Å². The lowest BCUT2D eigenvalue weighted by molar-refractivity contribution is 0.165. The molecule has 1 aromatic carbocycles. The van der Waals surface area contributed by atoms with Crippen molar-refractivity contribution in [3.05, 3.63) is 61.2 Å². The Morgan fingerprint density at radius 2 is 1.88 bits per heavy atom. The Morgan fingerprint density at radius 3 is 2.62 bits per heavy atom. The van der Waals surface area contributed by atoms with Gasteiger partial charge in [0.05, 0.1) is 24.5 Å². The van der Waals surface area contributed by atoms with E-state index in [9.17, 15) is 5.11 Å². The second-order valence-corrected chi connectivity index (χ2v) is 6.54. The van der Waals surface area contributed by atoms with Gasteiger partial charge in [0.2, 0.25) is 5.95 Å². The average Bonchev–Trinajstić information content (AvgIpc) is 3.28. The average molecular weight is 351 g/mol. The van der Waals surface area contributed by atoms with Crippen LogP contribution in [-0.4, -0.2) is 37.0 Å². The van der Waals surface area contributed by atoms with E-state index in [-0.39, 0.29) is 6.04 Å². The first-order chi connectivity index (χ1) is 12.8. The fourth-order valence-corrected chi connectivity index (χ4v) is 3.33. The van der Waals surface area contributed by atoms with Crippen molar-refractivity contribution in [1.29, 1.82) is 0 Å². The molecule has 2 aromatic heterocycles. The van der Waals surface area contributed by atoms with Crippen molar-refractivity contribution >= 4 is 5.95 Å². The summed E-state index contributed by atoms with van der Waals surface area (Å²) >= 11 is 0. The fourth-order valence-electron chi connectivity index (χ4n) is 3.33. The number of aliphatic hydroxyl groups is 1. The van der Waals surface area contributed by atoms with E-state index in [4.69, 9.17) is 4.74 Å². The van der Waals surface area contributed by atoms with E-state index in [2.05, 4.69) is 20.4 Å². The SMILES string of the molecule is O[C@@H]1CC(Cn2cccn2)C[C@H]1Nc1ncc(Oc2ccccc2)cn1. The van der Waals surface area contributed by atoms with Crippen LogP contribution in [0.15, 0.2) is 61.2 Å². The zero-order valence-electron chi connectivity index (χ0n) is 14.3. The highest BCUT2D eigenvalue weighted by Crippen LogP contribution is 2.29. The molecule has 0 spiro atoms. The maximum atomic E-state index is 10.3. The molecule has 1 saturated carbocycles. The highest BCUT2D eigenvalue weighted by molar-refractivity contribution is 5.32. The zero-order valence-corrected chi connectivity index (χ0v) is 14.3. The monoisotopic (exact) mass is 351 g/mol. The van der Waals surface area contributed by atoms with Gasteiger partial charge < -0.3 is 15.2 Å². The first-order valence-corrected chi connectivity index (χ1v) is 8.73. The van der Waals surface area contributed by atoms with Gasteiger partial charge in [-0.15, -0.1) is 0 Å². The number of hydrogen-bond donors (Lipinski definition) is 2. The molecule has 3 atom stereocenters. The van der Waals surface area contributed by atoms with Crippen LogP contribution in [0.5, 0.6) is 11.5 Å². The van der Waals surface area contributed by atoms with E-state index in [0.29, 0.717) is 17.6 Å². The molecule has 1 fully saturated rings. The molecule has 2 N–H and O–H groups in total. The van der Waals surface area contributed by atoms with E-state index in [1.54, 1.807) is 18.6 Å². The molecule has 0 aliphatic heterocycles. The predicted molar refractivity (Wildman–Crippen MR) is 96.9 cm³/mol. The minimum atomic E-state index is -0.417. The molecule has 0 saturated heterocycles. The van der Waals surface area contributed by atoms with Crippen LogP contribution in [0.2, 0.25) is 0 Å². The number of para-hydroxylation sites is 1. The zero-order chi connectivity index (χ0) is 17.8. The topological polar surface area (TPSA) is 85.1 Å². The quantitative estimate of drug-likeness (QED) is 0.710. The van der Waals surface area contributed by atoms with Gasteiger partial charge in [0.25, 0.3) is 0 Å². The second kappa shape index (κ2) is 7.53. The number of hydrogen-bond acceptors (Lipinski definition) is 6. The smallest absolute Gasteiger partial charge is 0.223 e. The first kappa shape index (κ1) is 16.5. The van der Waals surface area contributed by atoms with E-state index in [0.717, 1.165) is 25.1 Å². The van der Waals surface area contributed by atoms with Crippen LogP contribution in [0.3, 0.4) is 0 Å². The van der Waals surface area contributed by atoms with Crippen LogP contribution < -0.4 is 10.1 Å². The Morgan fingerprint density at radius 1 is 1.08 bits per heavy atom. The fraction of sp³-hybridized carbons (Fsp3) is 0.316. The van der Waals surface area contributed by atoms with Crippen LogP contribution in [0.1, 0.15) is 12.8 Å². The number of nitrogens with one attached hydrogen (secondary N) is 1. The maximum Gasteiger partial charge on any atom is 0.223 e. The Bertz CT molecular complexity index is 808. The van der Waals surface area contributed by atoms with Crippen molar-refractivity contribution in [1.82, 2.24) is 19.7 Å². The van der Waals surface area contributed by atoms with Gasteiger partial charge in [0.1, 0.15) is 5.75 Å². The normalized spacial score (nSPS) is 22.3. The van der Waals surface area contributed by atoms with Gasteiger partial charge >= 0.3 is 0 Å². The summed E-state index contributed by atoms with van der Waals surface area (Å²) in [5.41, 5.74) is 0. The van der Waals surface area contributed by atoms with Crippen LogP contribution in [0.4, 0.5) is 5.95 Å². The lowest BCUT2D eigenvalue weighted by Gasteiger charge is -2.16. The van der Waals surface area contributed by atoms with Gasteiger partial charge in [-0.05, 0) is 37.0 Å². The van der Waals surface area contributed by atoms with Gasteiger partial charge in [0, 0.05) is 18.9 Å². The number of aliphatic hydroxyl groups excluding tert-OH is 1. The summed E-state index contributed by atoms with van der Waals surface area (Å²) < 4.78 is 7.60. The van der Waals surface area contributed by atoms with E-state index < -0.39 is 6.10 Å². The minimum Gasteiger partial charge on any atom is -0.454 e. The molecule has 26 heavy (non-hydrogen) atoms. The number of ether oxygens (including phenoxy) is 1. The molecule has 0 bridgehead atoms. The molecule has 134 valence electrons. The summed E-state index contributed by atoms with van der Waals surface area (Å²) in [4.78, 5) is 8.60. The Labute approximate surface area is 151 Å². The number of nitrogens with zero attached hydrogens (tertiary/aromatic N) is 4. The van der Waals surface area contributed by atoms with Gasteiger partial charge in [-0.25, -0.2) is 9.97 Å². The van der Waals surface area contributed by atoms with Gasteiger partial charge in [-0.1, -0.05) is 18.2 Å². The largest absolute Gasteiger partial charge is 0.454 e. The molecule has 3 aromatic rings. The lowest BCUT2D eigenvalue weighted by atomic mass is 10.1. The third-order valence-electron chi connectivity index (χ3n) is 4.55. The second-order valence-electron chi connectivity index (χ2n) is 6.54. The molecule has 0 amide bonds. The molecular weight excluding hydrogens is 330 g/mol. The van der Waals surface area contributed by atoms with Gasteiger partial charge in [-0.3, -0.25) is 4.68 Å². The van der Waals surface area contributed by atoms with E-state index >= 15 is 0 Å². The summed E-state index contributed by atoms with van der Waals surface area (Å²) in [7, 11) is 0. The summed E-state index contributed by atoms with van der Waals surface area (Å²) in [6, 6.07) is 11.4. The van der Waals surface area contributed by atoms with Crippen LogP contribution in [-0.2, 0) is 6.54 Å². The van der Waals surface area contributed by atoms with Crippen molar-refractivity contribution in [2.75, 3.05) is 5.32 Å². The van der Waals surface area contributed by atoms with Crippen LogP contribution in [0.25, 0.3) is 0 Å². The van der Waals surface area contributed by atoms with Crippen molar-refractivity contribution in [2.24, 2.45) is 5.92 Å². The maximum absolute atomic E-state index is 10.3. The van der Waals surface area contributed by atoms with Crippen molar-refractivity contribution in [2.45, 2.75) is 31.5 Å². The van der Waals surface area contributed by atoms with Crippen molar-refractivity contribution < 1.29 is 9.84 Å². The third-order valence-corrected chi connectivity index (χ3v) is 4.55. The van der Waals surface area contributed by atoms with Crippen LogP contribution >= 0.6 is 0 Å². The molecule has 1 aliphatic rings. The standard InChI is InChI=1S/C19H21N5O2/c25-18-10-14(13-24-8-4-7-22-24)9-17(18)23-19-20-11-16(12-21-19)26-15-5-2-1-3-6-15/h1-8,11-12,14,17-18,25H,9-10,13H2,(H,20,21,23)/t14?,17-,18-/m1/s1. The lowest BCUT2D eigenvalue weighted by Crippen LogP contribution is -2.28. The number of benzene rings is 1. The summed E-state index contributed by atoms with van der Waals surface area (Å²) in [5.74, 6) is 2.19. The number of anilines is 1. The highest BCUT2D eigenvalue weighted by Gasteiger charge is 2.33. The molecule has 4 rings (SSSR count). The first-order valence-electron chi connectivity index (χ1n) is 8.73. The van der Waals surface area contributed by atoms with Gasteiger partial charge in [0.15, 0.2) is 5.75 Å². The molecule has 2 heterocycles.